The number of nitrogens with zero attached hydrogens (tertiary/aromatic N) is 1. The number of benzene rings is 1. The van der Waals surface area contributed by atoms with E-state index in [1.807, 2.05) is 6.08 Å². The molecule has 3 rings (SSSR count). The van der Waals surface area contributed by atoms with E-state index < -0.39 is 5.60 Å². The van der Waals surface area contributed by atoms with Gasteiger partial charge in [0.1, 0.15) is 0 Å². The quantitative estimate of drug-likeness (QED) is 0.877. The highest BCUT2D eigenvalue weighted by molar-refractivity contribution is 5.47. The predicted octanol–water partition coefficient (Wildman–Crippen LogP) is 3.01. The SMILES string of the molecule is C=Cc1ccc(C(CN2CCNCC2)C2(O)CCCCC2)cc1. The van der Waals surface area contributed by atoms with E-state index in [1.165, 1.54) is 12.0 Å². The minimum atomic E-state index is -0.543. The minimum Gasteiger partial charge on any atom is -0.389 e. The average Bonchev–Trinajstić information content (AvgIpc) is 2.61. The van der Waals surface area contributed by atoms with Crippen LogP contribution in [0.3, 0.4) is 0 Å². The second kappa shape index (κ2) is 7.61. The van der Waals surface area contributed by atoms with Crippen LogP contribution in [0.1, 0.15) is 49.1 Å². The van der Waals surface area contributed by atoms with Crippen molar-refractivity contribution in [2.75, 3.05) is 32.7 Å². The summed E-state index contributed by atoms with van der Waals surface area (Å²) in [6.45, 7) is 9.08. The standard InChI is InChI=1S/C20H30N2O/c1-2-17-6-8-18(9-7-17)19(16-22-14-12-21-13-15-22)20(23)10-4-3-5-11-20/h2,6-9,19,21,23H,1,3-5,10-16H2. The Morgan fingerprint density at radius 2 is 1.78 bits per heavy atom. The largest absolute Gasteiger partial charge is 0.389 e. The highest BCUT2D eigenvalue weighted by Crippen LogP contribution is 2.40. The summed E-state index contributed by atoms with van der Waals surface area (Å²) in [5, 5.41) is 14.8. The Morgan fingerprint density at radius 1 is 1.13 bits per heavy atom. The van der Waals surface area contributed by atoms with Crippen molar-refractivity contribution < 1.29 is 5.11 Å². The lowest BCUT2D eigenvalue weighted by Gasteiger charge is -2.42. The maximum Gasteiger partial charge on any atom is 0.0728 e. The molecule has 0 aromatic heterocycles. The lowest BCUT2D eigenvalue weighted by molar-refractivity contribution is -0.0316. The molecule has 126 valence electrons. The molecule has 3 nitrogen and oxygen atoms in total. The van der Waals surface area contributed by atoms with Gasteiger partial charge >= 0.3 is 0 Å². The number of hydrogen-bond acceptors (Lipinski definition) is 3. The van der Waals surface area contributed by atoms with Gasteiger partial charge in [0, 0.05) is 38.6 Å². The molecule has 2 fully saturated rings. The van der Waals surface area contributed by atoms with Gasteiger partial charge in [0.15, 0.2) is 0 Å². The normalized spacial score (nSPS) is 23.3. The summed E-state index contributed by atoms with van der Waals surface area (Å²) < 4.78 is 0. The molecule has 1 saturated heterocycles. The number of nitrogens with one attached hydrogen (secondary N) is 1. The van der Waals surface area contributed by atoms with E-state index in [4.69, 9.17) is 0 Å². The fraction of sp³-hybridized carbons (Fsp3) is 0.600. The first-order valence-corrected chi connectivity index (χ1v) is 9.09. The Kier molecular flexibility index (Phi) is 5.52. The maximum atomic E-state index is 11.4. The summed E-state index contributed by atoms with van der Waals surface area (Å²) in [7, 11) is 0. The Bertz CT molecular complexity index is 499. The second-order valence-electron chi connectivity index (χ2n) is 7.14. The average molecular weight is 314 g/mol. The van der Waals surface area contributed by atoms with Gasteiger partial charge in [-0.2, -0.15) is 0 Å². The van der Waals surface area contributed by atoms with E-state index in [0.29, 0.717) is 0 Å². The van der Waals surface area contributed by atoms with E-state index in [9.17, 15) is 5.11 Å². The van der Waals surface area contributed by atoms with Gasteiger partial charge in [-0.3, -0.25) is 0 Å². The smallest absolute Gasteiger partial charge is 0.0728 e. The molecule has 23 heavy (non-hydrogen) atoms. The van der Waals surface area contributed by atoms with Crippen LogP contribution in [0.4, 0.5) is 0 Å². The first kappa shape index (κ1) is 16.7. The van der Waals surface area contributed by atoms with Crippen LogP contribution < -0.4 is 5.32 Å². The van der Waals surface area contributed by atoms with Crippen LogP contribution in [0, 0.1) is 0 Å². The highest BCUT2D eigenvalue weighted by Gasteiger charge is 2.39. The van der Waals surface area contributed by atoms with Gasteiger partial charge in [-0.15, -0.1) is 0 Å². The number of hydrogen-bond donors (Lipinski definition) is 2. The zero-order valence-electron chi connectivity index (χ0n) is 14.1. The Morgan fingerprint density at radius 3 is 2.39 bits per heavy atom. The maximum absolute atomic E-state index is 11.4. The van der Waals surface area contributed by atoms with Crippen LogP contribution in [0.5, 0.6) is 0 Å². The Balaban J connectivity index is 1.83. The van der Waals surface area contributed by atoms with Gasteiger partial charge in [-0.05, 0) is 24.0 Å². The van der Waals surface area contributed by atoms with Crippen molar-refractivity contribution in [3.8, 4) is 0 Å². The number of piperazine rings is 1. The molecule has 1 aliphatic heterocycles. The van der Waals surface area contributed by atoms with Crippen molar-refractivity contribution in [1.29, 1.82) is 0 Å². The van der Waals surface area contributed by atoms with Crippen molar-refractivity contribution in [2.24, 2.45) is 0 Å². The van der Waals surface area contributed by atoms with Crippen LogP contribution in [0.2, 0.25) is 0 Å². The summed E-state index contributed by atoms with van der Waals surface area (Å²) >= 11 is 0. The minimum absolute atomic E-state index is 0.208. The summed E-state index contributed by atoms with van der Waals surface area (Å²) in [6, 6.07) is 8.63. The molecule has 1 aromatic rings. The van der Waals surface area contributed by atoms with Gasteiger partial charge < -0.3 is 15.3 Å². The molecule has 0 spiro atoms. The van der Waals surface area contributed by atoms with Crippen molar-refractivity contribution >= 4 is 6.08 Å². The third kappa shape index (κ3) is 4.03. The molecule has 0 bridgehead atoms. The third-order valence-corrected chi connectivity index (χ3v) is 5.59. The summed E-state index contributed by atoms with van der Waals surface area (Å²) in [4.78, 5) is 2.51. The third-order valence-electron chi connectivity index (χ3n) is 5.59. The molecule has 3 heteroatoms. The molecule has 1 atom stereocenters. The van der Waals surface area contributed by atoms with E-state index in [1.54, 1.807) is 0 Å². The summed E-state index contributed by atoms with van der Waals surface area (Å²) in [5.41, 5.74) is 1.88. The van der Waals surface area contributed by atoms with E-state index in [0.717, 1.165) is 64.0 Å². The molecule has 2 N–H and O–H groups in total. The lowest BCUT2D eigenvalue weighted by Crippen LogP contribution is -2.49. The number of aliphatic hydroxyl groups is 1. The zero-order chi connectivity index (χ0) is 16.1. The van der Waals surface area contributed by atoms with Gasteiger partial charge in [-0.1, -0.05) is 56.2 Å². The molecule has 0 amide bonds. The number of rotatable bonds is 5. The Hall–Kier alpha value is -1.16. The summed E-state index contributed by atoms with van der Waals surface area (Å²) in [6.07, 6.45) is 7.32. The van der Waals surface area contributed by atoms with Crippen molar-refractivity contribution in [1.82, 2.24) is 10.2 Å². The molecule has 1 heterocycles. The van der Waals surface area contributed by atoms with Crippen molar-refractivity contribution in [3.05, 3.63) is 42.0 Å². The monoisotopic (exact) mass is 314 g/mol. The van der Waals surface area contributed by atoms with Crippen LogP contribution in [0.15, 0.2) is 30.8 Å². The molecule has 1 aliphatic carbocycles. The molecular weight excluding hydrogens is 284 g/mol. The second-order valence-corrected chi connectivity index (χ2v) is 7.14. The van der Waals surface area contributed by atoms with Crippen LogP contribution in [-0.2, 0) is 0 Å². The van der Waals surface area contributed by atoms with Gasteiger partial charge in [0.2, 0.25) is 0 Å². The zero-order valence-corrected chi connectivity index (χ0v) is 14.1. The molecule has 1 saturated carbocycles. The topological polar surface area (TPSA) is 35.5 Å². The predicted molar refractivity (Wildman–Crippen MR) is 96.6 cm³/mol. The molecule has 0 radical (unpaired) electrons. The lowest BCUT2D eigenvalue weighted by atomic mass is 9.72. The first-order valence-electron chi connectivity index (χ1n) is 9.09. The van der Waals surface area contributed by atoms with Gasteiger partial charge in [0.05, 0.1) is 5.60 Å². The summed E-state index contributed by atoms with van der Waals surface area (Å²) in [5.74, 6) is 0.208. The van der Waals surface area contributed by atoms with Gasteiger partial charge in [-0.25, -0.2) is 0 Å². The highest BCUT2D eigenvalue weighted by atomic mass is 16.3. The fourth-order valence-corrected chi connectivity index (χ4v) is 4.11. The fourth-order valence-electron chi connectivity index (χ4n) is 4.11. The van der Waals surface area contributed by atoms with Crippen molar-refractivity contribution in [2.45, 2.75) is 43.6 Å². The van der Waals surface area contributed by atoms with Gasteiger partial charge in [0.25, 0.3) is 0 Å². The van der Waals surface area contributed by atoms with Crippen LogP contribution >= 0.6 is 0 Å². The molecule has 1 aromatic carbocycles. The van der Waals surface area contributed by atoms with Crippen LogP contribution in [-0.4, -0.2) is 48.3 Å². The van der Waals surface area contributed by atoms with E-state index >= 15 is 0 Å². The van der Waals surface area contributed by atoms with Crippen LogP contribution in [0.25, 0.3) is 6.08 Å². The van der Waals surface area contributed by atoms with E-state index in [-0.39, 0.29) is 5.92 Å². The first-order chi connectivity index (χ1) is 11.2. The van der Waals surface area contributed by atoms with Crippen molar-refractivity contribution in [3.63, 3.8) is 0 Å². The molecule has 1 unspecified atom stereocenters. The van der Waals surface area contributed by atoms with E-state index in [2.05, 4.69) is 41.1 Å². The Labute approximate surface area is 140 Å². The molecular formula is C20H30N2O. The molecule has 2 aliphatic rings.